The largest absolute Gasteiger partial charge is 0.367 e. The predicted octanol–water partition coefficient (Wildman–Crippen LogP) is 2.69. The van der Waals surface area contributed by atoms with Crippen molar-refractivity contribution in [2.75, 3.05) is 18.0 Å². The van der Waals surface area contributed by atoms with Crippen LogP contribution in [-0.2, 0) is 7.05 Å². The monoisotopic (exact) mass is 387 g/mol. The number of hydrogen-bond acceptors (Lipinski definition) is 5. The summed E-state index contributed by atoms with van der Waals surface area (Å²) in [5.74, 6) is 0.281. The molecular weight excluding hydrogens is 362 g/mol. The molecule has 29 heavy (non-hydrogen) atoms. The molecule has 148 valence electrons. The van der Waals surface area contributed by atoms with Gasteiger partial charge in [0.1, 0.15) is 0 Å². The van der Waals surface area contributed by atoms with Crippen molar-refractivity contribution >= 4 is 11.2 Å². The Morgan fingerprint density at radius 3 is 2.52 bits per heavy atom. The van der Waals surface area contributed by atoms with Gasteiger partial charge in [0.2, 0.25) is 0 Å². The van der Waals surface area contributed by atoms with Gasteiger partial charge in [-0.05, 0) is 37.8 Å². The number of rotatable bonds is 3. The number of aryl methyl sites for hydroxylation is 1. The molecule has 0 aromatic carbocycles. The zero-order chi connectivity index (χ0) is 19.5. The number of aromatic nitrogens is 4. The summed E-state index contributed by atoms with van der Waals surface area (Å²) in [5.41, 5.74) is 4.70. The van der Waals surface area contributed by atoms with Gasteiger partial charge < -0.3 is 4.90 Å². The molecule has 3 aromatic rings. The molecule has 0 unspecified atom stereocenters. The van der Waals surface area contributed by atoms with Crippen LogP contribution in [0.15, 0.2) is 36.9 Å². The van der Waals surface area contributed by atoms with E-state index in [2.05, 4.69) is 44.4 Å². The molecule has 0 N–H and O–H groups in total. The maximum atomic E-state index is 9.14. The van der Waals surface area contributed by atoms with Crippen molar-refractivity contribution in [3.63, 3.8) is 0 Å². The molecule has 7 nitrogen and oxygen atoms in total. The minimum atomic E-state index is 0.281. The highest BCUT2D eigenvalue weighted by molar-refractivity contribution is 5.79. The normalized spacial score (nSPS) is 29.2. The third kappa shape index (κ3) is 2.66. The molecule has 2 aliphatic heterocycles. The van der Waals surface area contributed by atoms with Gasteiger partial charge in [0.15, 0.2) is 0 Å². The average molecular weight is 387 g/mol. The van der Waals surface area contributed by atoms with Crippen LogP contribution in [-0.4, -0.2) is 55.5 Å². The van der Waals surface area contributed by atoms with E-state index in [1.807, 2.05) is 34.8 Å². The summed E-state index contributed by atoms with van der Waals surface area (Å²) in [5, 5.41) is 18.0. The third-order valence-corrected chi connectivity index (χ3v) is 7.12. The zero-order valence-electron chi connectivity index (χ0n) is 16.6. The van der Waals surface area contributed by atoms with Gasteiger partial charge in [0, 0.05) is 73.9 Å². The van der Waals surface area contributed by atoms with E-state index in [1.54, 1.807) is 0 Å². The third-order valence-electron chi connectivity index (χ3n) is 7.12. The number of hydrogen-bond donors (Lipinski definition) is 0. The highest BCUT2D eigenvalue weighted by Gasteiger charge is 2.47. The molecule has 6 rings (SSSR count). The summed E-state index contributed by atoms with van der Waals surface area (Å²) in [6.45, 7) is 2.13. The number of fused-ring (bicyclic) bond motifs is 3. The summed E-state index contributed by atoms with van der Waals surface area (Å²) in [4.78, 5) is 5.31. The van der Waals surface area contributed by atoms with Gasteiger partial charge in [-0.1, -0.05) is 0 Å². The van der Waals surface area contributed by atoms with Crippen molar-refractivity contribution in [2.24, 2.45) is 13.0 Å². The molecule has 7 heteroatoms. The summed E-state index contributed by atoms with van der Waals surface area (Å²) in [6, 6.07) is 8.68. The van der Waals surface area contributed by atoms with Crippen LogP contribution >= 0.6 is 0 Å². The minimum Gasteiger partial charge on any atom is -0.367 e. The number of nitriles is 1. The molecule has 3 aromatic heterocycles. The van der Waals surface area contributed by atoms with Crippen LogP contribution in [0.25, 0.3) is 16.6 Å². The van der Waals surface area contributed by atoms with Crippen LogP contribution in [0.4, 0.5) is 5.69 Å². The van der Waals surface area contributed by atoms with E-state index in [0.717, 1.165) is 42.6 Å². The predicted molar refractivity (Wildman–Crippen MR) is 110 cm³/mol. The first-order valence-corrected chi connectivity index (χ1v) is 10.6. The molecule has 1 aliphatic carbocycles. The minimum absolute atomic E-state index is 0.281. The molecule has 1 saturated carbocycles. The highest BCUT2D eigenvalue weighted by atomic mass is 15.4. The topological polar surface area (TPSA) is 65.4 Å². The summed E-state index contributed by atoms with van der Waals surface area (Å²) >= 11 is 0. The van der Waals surface area contributed by atoms with Crippen LogP contribution in [0.1, 0.15) is 25.7 Å². The SMILES string of the molecule is Cn1cc(-c2cc3c(N4C[C@@H]5CC[C@@H](C4)N5C4CC(C#N)C4)ccnn3c2)cn1. The fourth-order valence-electron chi connectivity index (χ4n) is 5.66. The van der Waals surface area contributed by atoms with Crippen LogP contribution in [0.3, 0.4) is 0 Å². The molecule has 5 heterocycles. The Morgan fingerprint density at radius 1 is 1.03 bits per heavy atom. The smallest absolute Gasteiger partial charge is 0.0886 e. The van der Waals surface area contributed by atoms with Crippen LogP contribution in [0.5, 0.6) is 0 Å². The van der Waals surface area contributed by atoms with Crippen LogP contribution < -0.4 is 4.90 Å². The number of anilines is 1. The summed E-state index contributed by atoms with van der Waals surface area (Å²) in [7, 11) is 1.94. The van der Waals surface area contributed by atoms with Gasteiger partial charge in [0.25, 0.3) is 0 Å². The fourth-order valence-corrected chi connectivity index (χ4v) is 5.66. The molecule has 0 radical (unpaired) electrons. The van der Waals surface area contributed by atoms with Gasteiger partial charge in [-0.15, -0.1) is 0 Å². The standard InChI is InChI=1S/C22H25N7/c1-26-11-17(10-25-26)16-8-22-21(4-5-24-28(22)12-16)27-13-18-2-3-19(14-27)29(18)20-6-15(7-20)9-23/h4-5,8,10-12,15,18-20H,2-3,6-7,13-14H2,1H3/t15?,18-,19-,20?/m0/s1. The molecule has 2 bridgehead atoms. The van der Waals surface area contributed by atoms with E-state index in [0.29, 0.717) is 18.1 Å². The van der Waals surface area contributed by atoms with Crippen molar-refractivity contribution in [3.8, 4) is 17.2 Å². The molecule has 2 saturated heterocycles. The second kappa shape index (κ2) is 6.33. The molecule has 0 amide bonds. The Bertz CT molecular complexity index is 1090. The van der Waals surface area contributed by atoms with E-state index in [9.17, 15) is 0 Å². The molecule has 3 aliphatic rings. The van der Waals surface area contributed by atoms with Crippen molar-refractivity contribution in [2.45, 2.75) is 43.8 Å². The van der Waals surface area contributed by atoms with E-state index in [4.69, 9.17) is 5.26 Å². The van der Waals surface area contributed by atoms with Crippen molar-refractivity contribution in [1.82, 2.24) is 24.3 Å². The first-order chi connectivity index (χ1) is 14.2. The van der Waals surface area contributed by atoms with Crippen LogP contribution in [0, 0.1) is 17.2 Å². The number of nitrogens with zero attached hydrogens (tertiary/aromatic N) is 7. The zero-order valence-corrected chi connectivity index (χ0v) is 16.6. The van der Waals surface area contributed by atoms with Gasteiger partial charge in [-0.2, -0.15) is 15.5 Å². The Morgan fingerprint density at radius 2 is 1.83 bits per heavy atom. The van der Waals surface area contributed by atoms with E-state index < -0.39 is 0 Å². The highest BCUT2D eigenvalue weighted by Crippen LogP contribution is 2.42. The van der Waals surface area contributed by atoms with Gasteiger partial charge >= 0.3 is 0 Å². The first-order valence-electron chi connectivity index (χ1n) is 10.6. The van der Waals surface area contributed by atoms with Crippen molar-refractivity contribution < 1.29 is 0 Å². The Hall–Kier alpha value is -2.85. The Kier molecular flexibility index (Phi) is 3.72. The van der Waals surface area contributed by atoms with Gasteiger partial charge in [-0.3, -0.25) is 9.58 Å². The summed E-state index contributed by atoms with van der Waals surface area (Å²) < 4.78 is 3.83. The second-order valence-corrected chi connectivity index (χ2v) is 8.87. The molecule has 3 fully saturated rings. The maximum absolute atomic E-state index is 9.14. The van der Waals surface area contributed by atoms with Crippen LogP contribution in [0.2, 0.25) is 0 Å². The second-order valence-electron chi connectivity index (χ2n) is 8.87. The Balaban J connectivity index is 1.28. The number of piperazine rings is 1. The quantitative estimate of drug-likeness (QED) is 0.691. The molecule has 2 atom stereocenters. The maximum Gasteiger partial charge on any atom is 0.0886 e. The van der Waals surface area contributed by atoms with E-state index in [-0.39, 0.29) is 5.92 Å². The lowest BCUT2D eigenvalue weighted by Crippen LogP contribution is -2.60. The Labute approximate surface area is 170 Å². The lowest BCUT2D eigenvalue weighted by Gasteiger charge is -2.49. The fraction of sp³-hybridized carbons (Fsp3) is 0.500. The lowest BCUT2D eigenvalue weighted by molar-refractivity contribution is 0.0439. The first kappa shape index (κ1) is 17.0. The van der Waals surface area contributed by atoms with Gasteiger partial charge in [0.05, 0.1) is 23.5 Å². The van der Waals surface area contributed by atoms with Gasteiger partial charge in [-0.25, -0.2) is 4.52 Å². The lowest BCUT2D eigenvalue weighted by atomic mass is 9.79. The molecular formula is C22H25N7. The van der Waals surface area contributed by atoms with Crippen molar-refractivity contribution in [3.05, 3.63) is 36.9 Å². The van der Waals surface area contributed by atoms with Crippen molar-refractivity contribution in [1.29, 1.82) is 5.26 Å². The van der Waals surface area contributed by atoms with E-state index in [1.165, 1.54) is 18.5 Å². The van der Waals surface area contributed by atoms with E-state index >= 15 is 0 Å². The summed E-state index contributed by atoms with van der Waals surface area (Å²) in [6.07, 6.45) is 12.6. The average Bonchev–Trinajstić information content (AvgIpc) is 3.37. The molecule has 0 spiro atoms.